The van der Waals surface area contributed by atoms with Crippen molar-refractivity contribution in [2.45, 2.75) is 6.42 Å². The van der Waals surface area contributed by atoms with Crippen molar-refractivity contribution in [1.29, 1.82) is 0 Å². The molecule has 1 aromatic heterocycles. The van der Waals surface area contributed by atoms with E-state index in [1.807, 2.05) is 6.07 Å². The first kappa shape index (κ1) is 21.0. The maximum Gasteiger partial charge on any atom is 0.335 e. The van der Waals surface area contributed by atoms with Crippen molar-refractivity contribution < 1.29 is 24.9 Å². The molecule has 0 saturated heterocycles. The summed E-state index contributed by atoms with van der Waals surface area (Å²) in [6, 6.07) is 16.4. The highest BCUT2D eigenvalue weighted by atomic mass is 16.4. The normalized spacial score (nSPS) is 11.3. The largest absolute Gasteiger partial charge is 0.505 e. The molecule has 4 rings (SSSR count). The zero-order valence-electron chi connectivity index (χ0n) is 16.8. The number of aromatic carboxylic acids is 1. The predicted octanol–water partition coefficient (Wildman–Crippen LogP) is 3.26. The molecule has 8 nitrogen and oxygen atoms in total. The fourth-order valence-corrected chi connectivity index (χ4v) is 3.27. The molecule has 1 heterocycles. The molecular weight excluding hydrogens is 410 g/mol. The van der Waals surface area contributed by atoms with Crippen LogP contribution in [0.15, 0.2) is 66.7 Å². The van der Waals surface area contributed by atoms with Gasteiger partial charge in [0.05, 0.1) is 5.56 Å². The van der Waals surface area contributed by atoms with Gasteiger partial charge >= 0.3 is 5.97 Å². The molecule has 0 unspecified atom stereocenters. The van der Waals surface area contributed by atoms with Crippen LogP contribution in [-0.2, 0) is 6.42 Å². The topological polar surface area (TPSA) is 126 Å². The minimum atomic E-state index is -1.08. The number of aromatic hydroxyl groups is 1. The number of allylic oxidation sites excluding steroid dienone is 1. The Morgan fingerprint density at radius 2 is 1.69 bits per heavy atom. The Labute approximate surface area is 182 Å². The lowest BCUT2D eigenvalue weighted by molar-refractivity contribution is 0.0696. The number of carbonyl (C=O) groups is 2. The molecule has 0 bridgehead atoms. The predicted molar refractivity (Wildman–Crippen MR) is 118 cm³/mol. The van der Waals surface area contributed by atoms with Crippen molar-refractivity contribution in [2.75, 3.05) is 6.61 Å². The van der Waals surface area contributed by atoms with Crippen LogP contribution in [0.5, 0.6) is 5.75 Å². The molecule has 3 N–H and O–H groups in total. The second-order valence-electron chi connectivity index (χ2n) is 7.09. The van der Waals surface area contributed by atoms with E-state index in [-0.39, 0.29) is 29.4 Å². The Bertz CT molecular complexity index is 1340. The molecule has 0 saturated carbocycles. The number of hydrogen-bond acceptors (Lipinski definition) is 6. The number of fused-ring (bicyclic) bond motifs is 1. The highest BCUT2D eigenvalue weighted by Crippen LogP contribution is 2.30. The molecule has 160 valence electrons. The van der Waals surface area contributed by atoms with Gasteiger partial charge in [0.15, 0.2) is 5.78 Å². The first-order chi connectivity index (χ1) is 15.5. The summed E-state index contributed by atoms with van der Waals surface area (Å²) in [4.78, 5) is 24.8. The Morgan fingerprint density at radius 3 is 2.41 bits per heavy atom. The molecule has 0 aliphatic carbocycles. The molecule has 0 amide bonds. The number of phenolic OH excluding ortho intramolecular Hbond substituents is 1. The first-order valence-corrected chi connectivity index (χ1v) is 9.81. The smallest absolute Gasteiger partial charge is 0.335 e. The van der Waals surface area contributed by atoms with E-state index < -0.39 is 5.97 Å². The molecule has 0 aliphatic rings. The summed E-state index contributed by atoms with van der Waals surface area (Å²) >= 11 is 0. The van der Waals surface area contributed by atoms with Gasteiger partial charge in [0, 0.05) is 17.7 Å². The van der Waals surface area contributed by atoms with Gasteiger partial charge in [0.2, 0.25) is 0 Å². The number of ketones is 1. The van der Waals surface area contributed by atoms with Crippen LogP contribution in [0.25, 0.3) is 22.8 Å². The van der Waals surface area contributed by atoms with Crippen LogP contribution in [0.1, 0.15) is 31.8 Å². The number of carbonyl (C=O) groups excluding carboxylic acids is 1. The van der Waals surface area contributed by atoms with Crippen LogP contribution in [0.4, 0.5) is 0 Å². The molecule has 8 heteroatoms. The van der Waals surface area contributed by atoms with Crippen LogP contribution < -0.4 is 0 Å². The van der Waals surface area contributed by atoms with Gasteiger partial charge in [0.25, 0.3) is 0 Å². The van der Waals surface area contributed by atoms with E-state index >= 15 is 0 Å². The summed E-state index contributed by atoms with van der Waals surface area (Å²) in [5.41, 5.74) is 2.72. The molecule has 0 fully saturated rings. The third-order valence-electron chi connectivity index (χ3n) is 4.89. The molecular formula is C24H19N3O5. The Morgan fingerprint density at radius 1 is 0.938 bits per heavy atom. The summed E-state index contributed by atoms with van der Waals surface area (Å²) in [7, 11) is 0. The summed E-state index contributed by atoms with van der Waals surface area (Å²) in [6.45, 7) is -0.104. The van der Waals surface area contributed by atoms with Gasteiger partial charge in [-0.15, -0.1) is 15.0 Å². The minimum absolute atomic E-state index is 0.0749. The van der Waals surface area contributed by atoms with Crippen LogP contribution in [0, 0.1) is 0 Å². The SMILES string of the molecule is O=C(O)c1ccc2nn(-c3cc(CCO)cc(C=CC(=O)c4ccccc4)c3O)nc2c1. The van der Waals surface area contributed by atoms with Crippen LogP contribution in [-0.4, -0.2) is 48.7 Å². The Balaban J connectivity index is 1.76. The fraction of sp³-hybridized carbons (Fsp3) is 0.0833. The van der Waals surface area contributed by atoms with E-state index in [4.69, 9.17) is 0 Å². The Kier molecular flexibility index (Phi) is 5.78. The number of aliphatic hydroxyl groups excluding tert-OH is 1. The van der Waals surface area contributed by atoms with Gasteiger partial charge in [-0.05, 0) is 54.5 Å². The minimum Gasteiger partial charge on any atom is -0.505 e. The molecule has 3 aromatic carbocycles. The lowest BCUT2D eigenvalue weighted by Crippen LogP contribution is -2.03. The average molecular weight is 429 g/mol. The highest BCUT2D eigenvalue weighted by molar-refractivity contribution is 6.07. The van der Waals surface area contributed by atoms with Crippen molar-refractivity contribution in [3.05, 3.63) is 89.0 Å². The number of phenols is 1. The van der Waals surface area contributed by atoms with E-state index in [1.165, 1.54) is 35.1 Å². The molecule has 0 atom stereocenters. The molecule has 4 aromatic rings. The van der Waals surface area contributed by atoms with E-state index in [9.17, 15) is 24.9 Å². The van der Waals surface area contributed by atoms with Crippen molar-refractivity contribution in [3.63, 3.8) is 0 Å². The number of aliphatic hydroxyl groups is 1. The maximum atomic E-state index is 12.4. The maximum absolute atomic E-state index is 12.4. The van der Waals surface area contributed by atoms with Gasteiger partial charge in [-0.3, -0.25) is 4.79 Å². The zero-order chi connectivity index (χ0) is 22.7. The number of nitrogens with zero attached hydrogens (tertiary/aromatic N) is 3. The highest BCUT2D eigenvalue weighted by Gasteiger charge is 2.15. The number of benzene rings is 3. The zero-order valence-corrected chi connectivity index (χ0v) is 16.8. The van der Waals surface area contributed by atoms with Crippen molar-refractivity contribution in [3.8, 4) is 11.4 Å². The van der Waals surface area contributed by atoms with Gasteiger partial charge < -0.3 is 15.3 Å². The first-order valence-electron chi connectivity index (χ1n) is 9.81. The standard InChI is InChI=1S/C24H19N3O5/c28-11-10-15-12-17(7-9-22(29)16-4-2-1-3-5-16)23(30)21(13-15)27-25-19-8-6-18(24(31)32)14-20(19)26-27/h1-9,12-14,28,30H,10-11H2,(H,31,32). The lowest BCUT2D eigenvalue weighted by Gasteiger charge is -2.10. The Hall–Kier alpha value is -4.30. The van der Waals surface area contributed by atoms with Crippen LogP contribution >= 0.6 is 0 Å². The quantitative estimate of drug-likeness (QED) is 0.304. The monoisotopic (exact) mass is 429 g/mol. The fourth-order valence-electron chi connectivity index (χ4n) is 3.27. The lowest BCUT2D eigenvalue weighted by atomic mass is 10.0. The third-order valence-corrected chi connectivity index (χ3v) is 4.89. The van der Waals surface area contributed by atoms with Gasteiger partial charge in [-0.1, -0.05) is 30.3 Å². The summed E-state index contributed by atoms with van der Waals surface area (Å²) in [5.74, 6) is -1.45. The van der Waals surface area contributed by atoms with Crippen LogP contribution in [0.2, 0.25) is 0 Å². The van der Waals surface area contributed by atoms with Gasteiger partial charge in [-0.25, -0.2) is 4.79 Å². The number of carboxylic acids is 1. The van der Waals surface area contributed by atoms with Crippen molar-refractivity contribution in [1.82, 2.24) is 15.0 Å². The number of carboxylic acid groups (broad SMARTS) is 1. The van der Waals surface area contributed by atoms with E-state index in [2.05, 4.69) is 10.2 Å². The van der Waals surface area contributed by atoms with Crippen LogP contribution in [0.3, 0.4) is 0 Å². The van der Waals surface area contributed by atoms with Gasteiger partial charge in [0.1, 0.15) is 22.5 Å². The molecule has 0 aliphatic heterocycles. The average Bonchev–Trinajstić information content (AvgIpc) is 3.22. The van der Waals surface area contributed by atoms with Crippen molar-refractivity contribution >= 4 is 28.9 Å². The summed E-state index contributed by atoms with van der Waals surface area (Å²) in [5, 5.41) is 38.0. The van der Waals surface area contributed by atoms with Crippen molar-refractivity contribution in [2.24, 2.45) is 0 Å². The second-order valence-corrected chi connectivity index (χ2v) is 7.09. The third kappa shape index (κ3) is 4.26. The second kappa shape index (κ2) is 8.83. The molecule has 32 heavy (non-hydrogen) atoms. The number of aromatic nitrogens is 3. The van der Waals surface area contributed by atoms with E-state index in [0.29, 0.717) is 34.1 Å². The van der Waals surface area contributed by atoms with Gasteiger partial charge in [-0.2, -0.15) is 0 Å². The molecule has 0 spiro atoms. The van der Waals surface area contributed by atoms with E-state index in [1.54, 1.807) is 36.4 Å². The summed E-state index contributed by atoms with van der Waals surface area (Å²) < 4.78 is 0. The molecule has 0 radical (unpaired) electrons. The van der Waals surface area contributed by atoms with E-state index in [0.717, 1.165) is 0 Å². The number of rotatable bonds is 7. The number of hydrogen-bond donors (Lipinski definition) is 3. The summed E-state index contributed by atoms with van der Waals surface area (Å²) in [6.07, 6.45) is 3.19.